The van der Waals surface area contributed by atoms with Gasteiger partial charge >= 0.3 is 6.03 Å². The number of fused-ring (bicyclic) bond motifs is 2. The molecule has 11 nitrogen and oxygen atoms in total. The number of benzene rings is 2. The number of hydrogen-bond acceptors (Lipinski definition) is 7. The summed E-state index contributed by atoms with van der Waals surface area (Å²) in [5.74, 6) is 2.15. The molecule has 2 amide bonds. The molecule has 262 valence electrons. The smallest absolute Gasteiger partial charge is 0.320 e. The van der Waals surface area contributed by atoms with E-state index in [0.717, 1.165) is 71.2 Å². The summed E-state index contributed by atoms with van der Waals surface area (Å²) in [6, 6.07) is 19.4. The van der Waals surface area contributed by atoms with Gasteiger partial charge in [-0.3, -0.25) is 9.72 Å². The van der Waals surface area contributed by atoms with Crippen LogP contribution in [0.4, 0.5) is 16.6 Å². The number of urea groups is 1. The molecule has 5 aromatic rings. The molecule has 50 heavy (non-hydrogen) atoms. The molecule has 0 radical (unpaired) electrons. The lowest BCUT2D eigenvalue weighted by Gasteiger charge is -2.33. The number of halogens is 1. The molecule has 2 aliphatic rings. The van der Waals surface area contributed by atoms with Gasteiger partial charge in [-0.2, -0.15) is 5.10 Å². The third-order valence-electron chi connectivity index (χ3n) is 9.81. The van der Waals surface area contributed by atoms with Crippen LogP contribution in [0.25, 0.3) is 11.3 Å². The molecule has 2 aromatic carbocycles. The second-order valence-electron chi connectivity index (χ2n) is 14.4. The number of hydrogen-bond donors (Lipinski definition) is 3. The van der Waals surface area contributed by atoms with Gasteiger partial charge in [0.25, 0.3) is 0 Å². The van der Waals surface area contributed by atoms with Gasteiger partial charge in [0.15, 0.2) is 5.65 Å². The van der Waals surface area contributed by atoms with E-state index in [2.05, 4.69) is 65.6 Å². The molecule has 1 aliphatic heterocycles. The zero-order valence-electron chi connectivity index (χ0n) is 29.1. The van der Waals surface area contributed by atoms with Crippen molar-refractivity contribution < 1.29 is 14.6 Å². The summed E-state index contributed by atoms with van der Waals surface area (Å²) >= 11 is 6.39. The highest BCUT2D eigenvalue weighted by atomic mass is 35.5. The van der Waals surface area contributed by atoms with Crippen LogP contribution in [0.2, 0.25) is 5.02 Å². The molecule has 7 rings (SSSR count). The van der Waals surface area contributed by atoms with Crippen LogP contribution < -0.4 is 20.3 Å². The van der Waals surface area contributed by atoms with Crippen molar-refractivity contribution >= 4 is 35.0 Å². The summed E-state index contributed by atoms with van der Waals surface area (Å²) < 4.78 is 10.4. The fraction of sp³-hybridized carbons (Fsp3) is 0.421. The Labute approximate surface area is 297 Å². The lowest BCUT2D eigenvalue weighted by Crippen LogP contribution is -2.38. The predicted molar refractivity (Wildman–Crippen MR) is 196 cm³/mol. The van der Waals surface area contributed by atoms with Crippen molar-refractivity contribution in [1.82, 2.24) is 29.7 Å². The van der Waals surface area contributed by atoms with Gasteiger partial charge in [-0.1, -0.05) is 56.6 Å². The molecule has 0 saturated carbocycles. The number of amides is 2. The average molecular weight is 697 g/mol. The van der Waals surface area contributed by atoms with Crippen LogP contribution in [0, 0.1) is 0 Å². The van der Waals surface area contributed by atoms with E-state index in [0.29, 0.717) is 29.7 Å². The van der Waals surface area contributed by atoms with Crippen molar-refractivity contribution in [1.29, 1.82) is 0 Å². The summed E-state index contributed by atoms with van der Waals surface area (Å²) in [5.41, 5.74) is 5.01. The first-order valence-corrected chi connectivity index (χ1v) is 17.9. The third-order valence-corrected chi connectivity index (χ3v) is 10.2. The Morgan fingerprint density at radius 2 is 1.84 bits per heavy atom. The van der Waals surface area contributed by atoms with Crippen LogP contribution in [0.15, 0.2) is 66.9 Å². The molecule has 0 spiro atoms. The number of carbonyl (C=O) groups excluding carboxylic acids is 1. The van der Waals surface area contributed by atoms with Crippen LogP contribution in [0.1, 0.15) is 94.3 Å². The molecular formula is C38H45ClN8O3. The second kappa shape index (κ2) is 14.0. The van der Waals surface area contributed by atoms with Gasteiger partial charge in [0, 0.05) is 35.7 Å². The Balaban J connectivity index is 1.09. The molecule has 3 aromatic heterocycles. The first kappa shape index (κ1) is 33.9. The van der Waals surface area contributed by atoms with Crippen molar-refractivity contribution in [2.24, 2.45) is 0 Å². The Bertz CT molecular complexity index is 2000. The fourth-order valence-electron chi connectivity index (χ4n) is 7.06. The molecule has 1 fully saturated rings. The maximum Gasteiger partial charge on any atom is 0.320 e. The van der Waals surface area contributed by atoms with E-state index < -0.39 is 0 Å². The van der Waals surface area contributed by atoms with Gasteiger partial charge < -0.3 is 20.1 Å². The number of anilines is 2. The molecular weight excluding hydrogens is 652 g/mol. The maximum absolute atomic E-state index is 13.6. The summed E-state index contributed by atoms with van der Waals surface area (Å²) in [5, 5.41) is 30.2. The number of nitrogens with zero attached hydrogens (tertiary/aromatic N) is 6. The monoisotopic (exact) mass is 696 g/mol. The lowest BCUT2D eigenvalue weighted by atomic mass is 9.85. The van der Waals surface area contributed by atoms with E-state index in [1.807, 2.05) is 53.1 Å². The topological polar surface area (TPSA) is 122 Å². The van der Waals surface area contributed by atoms with Gasteiger partial charge in [-0.25, -0.2) is 9.48 Å². The normalized spacial score (nSPS) is 19.3. The quantitative estimate of drug-likeness (QED) is 0.153. The van der Waals surface area contributed by atoms with Crippen molar-refractivity contribution in [3.63, 3.8) is 0 Å². The average Bonchev–Trinajstić information content (AvgIpc) is 3.72. The van der Waals surface area contributed by atoms with Gasteiger partial charge in [-0.05, 0) is 92.5 Å². The van der Waals surface area contributed by atoms with Crippen molar-refractivity contribution in [2.75, 3.05) is 23.4 Å². The Kier molecular flexibility index (Phi) is 9.45. The minimum absolute atomic E-state index is 0.0197. The number of aromatic nitrogens is 5. The Hall–Kier alpha value is -4.61. The molecule has 1 saturated heterocycles. The summed E-state index contributed by atoms with van der Waals surface area (Å²) in [6.07, 6.45) is 7.20. The highest BCUT2D eigenvalue weighted by Crippen LogP contribution is 2.39. The molecule has 4 heterocycles. The van der Waals surface area contributed by atoms with Gasteiger partial charge in [0.05, 0.1) is 23.6 Å². The zero-order chi connectivity index (χ0) is 35.0. The molecule has 0 bridgehead atoms. The van der Waals surface area contributed by atoms with E-state index >= 15 is 0 Å². The van der Waals surface area contributed by atoms with Crippen LogP contribution in [-0.2, 0) is 11.8 Å². The SMILES string of the molecule is C[C@H]1CCCCN1c1nnc2ccc(O[C@@H]3CC[C@H](NC(=O)Nc4cc(C(C)(C)C)nn4-c4ccc(Cl)c(CCO)c4)c4ccccc43)cn12. The summed E-state index contributed by atoms with van der Waals surface area (Å²) in [7, 11) is 0. The molecule has 3 atom stereocenters. The number of aliphatic hydroxyl groups excluding tert-OH is 1. The molecule has 1 aliphatic carbocycles. The minimum Gasteiger partial charge on any atom is -0.484 e. The van der Waals surface area contributed by atoms with Crippen molar-refractivity contribution in [3.8, 4) is 11.4 Å². The van der Waals surface area contributed by atoms with E-state index in [-0.39, 0.29) is 30.2 Å². The Morgan fingerprint density at radius 3 is 2.62 bits per heavy atom. The van der Waals surface area contributed by atoms with Crippen molar-refractivity contribution in [3.05, 3.63) is 94.3 Å². The number of pyridine rings is 1. The van der Waals surface area contributed by atoms with Crippen LogP contribution in [-0.4, -0.2) is 54.7 Å². The van der Waals surface area contributed by atoms with E-state index in [4.69, 9.17) is 21.4 Å². The molecule has 12 heteroatoms. The standard InChI is InChI=1S/C38H45ClN8O3/c1-24-9-7-8-19-45(24)37-43-42-34-17-13-27(23-46(34)37)50-32-16-15-31(28-10-5-6-11-29(28)32)40-36(49)41-35-22-33(38(2,3)4)44-47(35)26-12-14-30(39)25(21-26)18-20-48/h5-6,10-14,17,21-24,31-32,48H,7-9,15-16,18-20H2,1-4H3,(H2,40,41,49)/t24-,31-,32+/m0/s1. The van der Waals surface area contributed by atoms with Crippen LogP contribution >= 0.6 is 11.6 Å². The highest BCUT2D eigenvalue weighted by molar-refractivity contribution is 6.31. The summed E-state index contributed by atoms with van der Waals surface area (Å²) in [6.45, 7) is 9.44. The fourth-order valence-corrected chi connectivity index (χ4v) is 7.27. The van der Waals surface area contributed by atoms with Crippen molar-refractivity contribution in [2.45, 2.75) is 89.8 Å². The van der Waals surface area contributed by atoms with Crippen LogP contribution in [0.5, 0.6) is 5.75 Å². The van der Waals surface area contributed by atoms with Gasteiger partial charge in [-0.15, -0.1) is 10.2 Å². The highest BCUT2D eigenvalue weighted by Gasteiger charge is 2.31. The number of rotatable bonds is 8. The number of carbonyl (C=O) groups is 1. The van der Waals surface area contributed by atoms with Gasteiger partial charge in [0.2, 0.25) is 5.95 Å². The minimum atomic E-state index is -0.326. The van der Waals surface area contributed by atoms with Crippen LogP contribution in [0.3, 0.4) is 0 Å². The summed E-state index contributed by atoms with van der Waals surface area (Å²) in [4.78, 5) is 16.0. The molecule has 0 unspecified atom stereocenters. The second-order valence-corrected chi connectivity index (χ2v) is 14.8. The van der Waals surface area contributed by atoms with E-state index in [9.17, 15) is 9.90 Å². The maximum atomic E-state index is 13.6. The zero-order valence-corrected chi connectivity index (χ0v) is 29.8. The number of ether oxygens (including phenoxy) is 1. The largest absolute Gasteiger partial charge is 0.484 e. The third kappa shape index (κ3) is 6.89. The first-order valence-electron chi connectivity index (χ1n) is 17.5. The van der Waals surface area contributed by atoms with Gasteiger partial charge in [0.1, 0.15) is 17.7 Å². The number of piperidine rings is 1. The van der Waals surface area contributed by atoms with E-state index in [1.165, 1.54) is 6.42 Å². The van der Waals surface area contributed by atoms with E-state index in [1.54, 1.807) is 10.7 Å². The number of nitrogens with one attached hydrogen (secondary N) is 2. The predicted octanol–water partition coefficient (Wildman–Crippen LogP) is 7.56. The first-order chi connectivity index (χ1) is 24.1. The Morgan fingerprint density at radius 1 is 1.02 bits per heavy atom. The molecule has 3 N–H and O–H groups in total. The number of aliphatic hydroxyl groups is 1. The lowest BCUT2D eigenvalue weighted by molar-refractivity contribution is 0.171.